The van der Waals surface area contributed by atoms with Gasteiger partial charge in [0.05, 0.1) is 6.54 Å². The van der Waals surface area contributed by atoms with Crippen LogP contribution < -0.4 is 10.6 Å². The second-order valence-corrected chi connectivity index (χ2v) is 6.93. The number of aliphatic imine (C=N–C) groups is 1. The van der Waals surface area contributed by atoms with Crippen molar-refractivity contribution < 1.29 is 0 Å². The predicted molar refractivity (Wildman–Crippen MR) is 86.1 cm³/mol. The normalized spacial score (nSPS) is 34.9. The molecule has 0 spiro atoms. The van der Waals surface area contributed by atoms with Crippen molar-refractivity contribution in [3.63, 3.8) is 0 Å². The number of nitrogens with zero attached hydrogens (tertiary/aromatic N) is 2. The van der Waals surface area contributed by atoms with Gasteiger partial charge in [-0.2, -0.15) is 0 Å². The van der Waals surface area contributed by atoms with Crippen molar-refractivity contribution >= 4 is 5.96 Å². The van der Waals surface area contributed by atoms with Crippen molar-refractivity contribution in [1.29, 1.82) is 0 Å². The molecule has 4 heteroatoms. The number of piperidine rings is 1. The molecule has 0 amide bonds. The van der Waals surface area contributed by atoms with E-state index in [0.717, 1.165) is 43.3 Å². The zero-order chi connectivity index (χ0) is 14.5. The van der Waals surface area contributed by atoms with E-state index in [-0.39, 0.29) is 0 Å². The number of hydrogen-bond acceptors (Lipinski definition) is 2. The highest BCUT2D eigenvalue weighted by Crippen LogP contribution is 2.28. The summed E-state index contributed by atoms with van der Waals surface area (Å²) in [6.45, 7) is 14.6. The zero-order valence-corrected chi connectivity index (χ0v) is 13.7. The van der Waals surface area contributed by atoms with Crippen LogP contribution in [-0.2, 0) is 0 Å². The summed E-state index contributed by atoms with van der Waals surface area (Å²) >= 11 is 0. The molecule has 1 aliphatic carbocycles. The second-order valence-electron chi connectivity index (χ2n) is 6.93. The first-order valence-electron chi connectivity index (χ1n) is 8.35. The lowest BCUT2D eigenvalue weighted by Gasteiger charge is -2.34. The van der Waals surface area contributed by atoms with E-state index in [1.165, 1.54) is 25.9 Å². The van der Waals surface area contributed by atoms with Crippen LogP contribution in [0.15, 0.2) is 4.99 Å². The van der Waals surface area contributed by atoms with Gasteiger partial charge < -0.3 is 15.5 Å². The Morgan fingerprint density at radius 3 is 2.35 bits per heavy atom. The summed E-state index contributed by atoms with van der Waals surface area (Å²) in [4.78, 5) is 7.30. The first-order chi connectivity index (χ1) is 9.58. The smallest absolute Gasteiger partial charge is 0.191 e. The molecule has 2 rings (SSSR count). The van der Waals surface area contributed by atoms with Crippen LogP contribution in [0, 0.1) is 17.8 Å². The van der Waals surface area contributed by atoms with Gasteiger partial charge in [-0.1, -0.05) is 20.8 Å². The van der Waals surface area contributed by atoms with E-state index in [9.17, 15) is 0 Å². The van der Waals surface area contributed by atoms with E-state index in [1.54, 1.807) is 0 Å². The van der Waals surface area contributed by atoms with E-state index in [1.807, 2.05) is 0 Å². The molecule has 1 saturated carbocycles. The molecule has 4 nitrogen and oxygen atoms in total. The third-order valence-electron chi connectivity index (χ3n) is 4.41. The topological polar surface area (TPSA) is 39.7 Å². The van der Waals surface area contributed by atoms with Crippen LogP contribution in [0.2, 0.25) is 0 Å². The predicted octanol–water partition coefficient (Wildman–Crippen LogP) is 1.93. The summed E-state index contributed by atoms with van der Waals surface area (Å²) < 4.78 is 0. The molecule has 0 aromatic carbocycles. The fourth-order valence-corrected chi connectivity index (χ4v) is 3.30. The molecule has 1 heterocycles. The van der Waals surface area contributed by atoms with Crippen LogP contribution in [0.5, 0.6) is 0 Å². The van der Waals surface area contributed by atoms with Crippen molar-refractivity contribution in [2.24, 2.45) is 22.7 Å². The van der Waals surface area contributed by atoms with Crippen LogP contribution in [0.4, 0.5) is 0 Å². The maximum atomic E-state index is 4.72. The summed E-state index contributed by atoms with van der Waals surface area (Å²) in [6, 6.07) is 0.642. The highest BCUT2D eigenvalue weighted by molar-refractivity contribution is 5.80. The summed E-state index contributed by atoms with van der Waals surface area (Å²) in [5.41, 5.74) is 0. The molecule has 116 valence electrons. The van der Waals surface area contributed by atoms with Crippen LogP contribution in [0.25, 0.3) is 0 Å². The van der Waals surface area contributed by atoms with Crippen molar-refractivity contribution in [3.05, 3.63) is 0 Å². The Morgan fingerprint density at radius 1 is 1.15 bits per heavy atom. The Morgan fingerprint density at radius 2 is 1.80 bits per heavy atom. The van der Waals surface area contributed by atoms with Crippen LogP contribution in [0.1, 0.15) is 40.5 Å². The largest absolute Gasteiger partial charge is 0.357 e. The minimum absolute atomic E-state index is 0.642. The monoisotopic (exact) mass is 280 g/mol. The average molecular weight is 280 g/mol. The lowest BCUT2D eigenvalue weighted by atomic mass is 9.92. The van der Waals surface area contributed by atoms with E-state index in [2.05, 4.69) is 43.2 Å². The van der Waals surface area contributed by atoms with Gasteiger partial charge in [-0.3, -0.25) is 4.99 Å². The van der Waals surface area contributed by atoms with Crippen LogP contribution >= 0.6 is 0 Å². The van der Waals surface area contributed by atoms with Crippen LogP contribution in [0.3, 0.4) is 0 Å². The lowest BCUT2D eigenvalue weighted by molar-refractivity contribution is 0.145. The maximum Gasteiger partial charge on any atom is 0.191 e. The van der Waals surface area contributed by atoms with Gasteiger partial charge in [0.1, 0.15) is 0 Å². The van der Waals surface area contributed by atoms with E-state index in [0.29, 0.717) is 6.04 Å². The molecule has 0 bridgehead atoms. The minimum Gasteiger partial charge on any atom is -0.357 e. The molecule has 0 aromatic rings. The van der Waals surface area contributed by atoms with Crippen LogP contribution in [-0.4, -0.2) is 49.6 Å². The summed E-state index contributed by atoms with van der Waals surface area (Å²) in [5.74, 6) is 3.48. The van der Waals surface area contributed by atoms with E-state index in [4.69, 9.17) is 4.99 Å². The first-order valence-corrected chi connectivity index (χ1v) is 8.35. The van der Waals surface area contributed by atoms with Crippen molar-refractivity contribution in [3.8, 4) is 0 Å². The number of likely N-dealkylation sites (tertiary alicyclic amines) is 1. The molecule has 0 aromatic heterocycles. The van der Waals surface area contributed by atoms with Gasteiger partial charge in [0.2, 0.25) is 0 Å². The third kappa shape index (κ3) is 4.97. The summed E-state index contributed by atoms with van der Waals surface area (Å²) in [6.07, 6.45) is 2.66. The SMILES string of the molecule is CCNC(=NCCN1CC(C)CC(C)C1)NC1CC1C. The van der Waals surface area contributed by atoms with Gasteiger partial charge >= 0.3 is 0 Å². The fraction of sp³-hybridized carbons (Fsp3) is 0.938. The molecule has 1 saturated heterocycles. The average Bonchev–Trinajstić information content (AvgIpc) is 3.03. The van der Waals surface area contributed by atoms with Crippen molar-refractivity contribution in [2.45, 2.75) is 46.6 Å². The van der Waals surface area contributed by atoms with Gasteiger partial charge in [-0.15, -0.1) is 0 Å². The molecule has 2 aliphatic rings. The van der Waals surface area contributed by atoms with Crippen molar-refractivity contribution in [2.75, 3.05) is 32.7 Å². The molecular weight excluding hydrogens is 248 g/mol. The Balaban J connectivity index is 1.74. The molecule has 1 aliphatic heterocycles. The Kier molecular flexibility index (Phi) is 5.70. The quantitative estimate of drug-likeness (QED) is 0.597. The van der Waals surface area contributed by atoms with Gasteiger partial charge in [0, 0.05) is 32.2 Å². The number of hydrogen-bond donors (Lipinski definition) is 2. The zero-order valence-electron chi connectivity index (χ0n) is 13.7. The number of rotatable bonds is 5. The Hall–Kier alpha value is -0.770. The van der Waals surface area contributed by atoms with Gasteiger partial charge in [-0.25, -0.2) is 0 Å². The number of guanidine groups is 1. The van der Waals surface area contributed by atoms with Gasteiger partial charge in [-0.05, 0) is 37.5 Å². The molecule has 2 N–H and O–H groups in total. The first kappa shape index (κ1) is 15.6. The van der Waals surface area contributed by atoms with Crippen molar-refractivity contribution in [1.82, 2.24) is 15.5 Å². The molecule has 20 heavy (non-hydrogen) atoms. The number of nitrogens with one attached hydrogen (secondary N) is 2. The maximum absolute atomic E-state index is 4.72. The molecule has 0 radical (unpaired) electrons. The highest BCUT2D eigenvalue weighted by atomic mass is 15.2. The molecule has 2 fully saturated rings. The highest BCUT2D eigenvalue weighted by Gasteiger charge is 2.33. The Labute approximate surface area is 124 Å². The molecule has 4 atom stereocenters. The van der Waals surface area contributed by atoms with Gasteiger partial charge in [0.25, 0.3) is 0 Å². The van der Waals surface area contributed by atoms with Gasteiger partial charge in [0.15, 0.2) is 5.96 Å². The fourth-order valence-electron chi connectivity index (χ4n) is 3.30. The third-order valence-corrected chi connectivity index (χ3v) is 4.41. The lowest BCUT2D eigenvalue weighted by Crippen LogP contribution is -2.42. The Bertz CT molecular complexity index is 318. The minimum atomic E-state index is 0.642. The van der Waals surface area contributed by atoms with E-state index >= 15 is 0 Å². The summed E-state index contributed by atoms with van der Waals surface area (Å²) in [7, 11) is 0. The standard InChI is InChI=1S/C16H32N4/c1-5-17-16(19-15-9-14(15)4)18-6-7-20-10-12(2)8-13(3)11-20/h12-15H,5-11H2,1-4H3,(H2,17,18,19). The molecule has 4 unspecified atom stereocenters. The molecular formula is C16H32N4. The van der Waals surface area contributed by atoms with E-state index < -0.39 is 0 Å². The summed E-state index contributed by atoms with van der Waals surface area (Å²) in [5, 5.41) is 6.87. The second kappa shape index (κ2) is 7.30.